The predicted octanol–water partition coefficient (Wildman–Crippen LogP) is 2.91. The van der Waals surface area contributed by atoms with E-state index in [0.717, 1.165) is 29.1 Å². The van der Waals surface area contributed by atoms with Crippen LogP contribution in [0.1, 0.15) is 12.5 Å². The van der Waals surface area contributed by atoms with E-state index in [9.17, 15) is 9.59 Å². The third kappa shape index (κ3) is 6.01. The molecule has 2 amide bonds. The van der Waals surface area contributed by atoms with E-state index in [1.807, 2.05) is 30.3 Å². The number of carbonyl (C=O) groups is 2. The van der Waals surface area contributed by atoms with Gasteiger partial charge in [-0.3, -0.25) is 9.59 Å². The molecule has 0 bridgehead atoms. The third-order valence-corrected chi connectivity index (χ3v) is 3.26. The first kappa shape index (κ1) is 17.3. The summed E-state index contributed by atoms with van der Waals surface area (Å²) in [7, 11) is 0. The summed E-state index contributed by atoms with van der Waals surface area (Å²) in [6.45, 7) is 1.71. The summed E-state index contributed by atoms with van der Waals surface area (Å²) in [6.07, 6.45) is 3.32. The summed E-state index contributed by atoms with van der Waals surface area (Å²) < 4.78 is 0. The van der Waals surface area contributed by atoms with Gasteiger partial charge in [0.25, 0.3) is 10.5 Å². The second kappa shape index (κ2) is 9.19. The molecule has 21 heavy (non-hydrogen) atoms. The zero-order valence-electron chi connectivity index (χ0n) is 11.9. The maximum Gasteiger partial charge on any atom is 0.298 e. The topological polar surface area (TPSA) is 82.9 Å². The summed E-state index contributed by atoms with van der Waals surface area (Å²) in [5.41, 5.74) is 6.59. The van der Waals surface area contributed by atoms with Crippen molar-refractivity contribution in [2.75, 3.05) is 12.5 Å². The molecule has 2 N–H and O–H groups in total. The van der Waals surface area contributed by atoms with Crippen LogP contribution in [-0.4, -0.2) is 34.4 Å². The fraction of sp³-hybridized carbons (Fsp3) is 0.231. The highest BCUT2D eigenvalue weighted by Crippen LogP contribution is 2.04. The Labute approximate surface area is 131 Å². The molecule has 1 aromatic rings. The second-order valence-electron chi connectivity index (χ2n) is 3.73. The van der Waals surface area contributed by atoms with Crippen molar-refractivity contribution in [1.82, 2.24) is 10.9 Å². The molecule has 0 aromatic heterocycles. The first-order valence-electron chi connectivity index (χ1n) is 5.94. The SMILES string of the molecule is CSC(=O)N/N=C(C)/C(=N/NC(=O)SC)c1ccccc1. The monoisotopic (exact) mass is 324 g/mol. The standard InChI is InChI=1S/C13H16N4O2S2/c1-9(14-16-12(18)20-2)11(15-17-13(19)21-3)10-7-5-4-6-8-10/h4-8H,1-3H3,(H,16,18)(H,17,19)/b14-9+,15-11-. The second-order valence-corrected chi connectivity index (χ2v) is 5.29. The van der Waals surface area contributed by atoms with E-state index in [0.29, 0.717) is 11.4 Å². The lowest BCUT2D eigenvalue weighted by atomic mass is 10.1. The van der Waals surface area contributed by atoms with E-state index in [-0.39, 0.29) is 10.5 Å². The van der Waals surface area contributed by atoms with Gasteiger partial charge in [-0.25, -0.2) is 10.9 Å². The lowest BCUT2D eigenvalue weighted by Gasteiger charge is -2.07. The molecular formula is C13H16N4O2S2. The van der Waals surface area contributed by atoms with Gasteiger partial charge in [-0.15, -0.1) is 0 Å². The largest absolute Gasteiger partial charge is 0.298 e. The van der Waals surface area contributed by atoms with Gasteiger partial charge in [0.1, 0.15) is 5.71 Å². The van der Waals surface area contributed by atoms with Crippen molar-refractivity contribution in [2.24, 2.45) is 10.2 Å². The molecule has 0 aliphatic heterocycles. The molecule has 0 saturated carbocycles. The molecule has 112 valence electrons. The quantitative estimate of drug-likeness (QED) is 0.659. The van der Waals surface area contributed by atoms with E-state index < -0.39 is 0 Å². The number of rotatable bonds is 4. The maximum atomic E-state index is 11.3. The highest BCUT2D eigenvalue weighted by molar-refractivity contribution is 8.13. The van der Waals surface area contributed by atoms with Crippen molar-refractivity contribution in [3.8, 4) is 0 Å². The van der Waals surface area contributed by atoms with Crippen LogP contribution in [0.25, 0.3) is 0 Å². The van der Waals surface area contributed by atoms with Crippen molar-refractivity contribution in [1.29, 1.82) is 0 Å². The molecule has 0 unspecified atom stereocenters. The molecule has 0 aliphatic rings. The normalized spacial score (nSPS) is 12.0. The maximum absolute atomic E-state index is 11.3. The highest BCUT2D eigenvalue weighted by atomic mass is 32.2. The van der Waals surface area contributed by atoms with Gasteiger partial charge in [-0.05, 0) is 19.4 Å². The van der Waals surface area contributed by atoms with Crippen LogP contribution in [0.4, 0.5) is 9.59 Å². The third-order valence-electron chi connectivity index (χ3n) is 2.33. The first-order valence-corrected chi connectivity index (χ1v) is 8.39. The van der Waals surface area contributed by atoms with Gasteiger partial charge in [0.15, 0.2) is 0 Å². The molecule has 8 heteroatoms. The van der Waals surface area contributed by atoms with Crippen LogP contribution in [0.5, 0.6) is 0 Å². The van der Waals surface area contributed by atoms with Crippen molar-refractivity contribution in [3.05, 3.63) is 35.9 Å². The smallest absolute Gasteiger partial charge is 0.260 e. The average molecular weight is 324 g/mol. The number of carbonyl (C=O) groups excluding carboxylic acids is 2. The molecule has 0 atom stereocenters. The van der Waals surface area contributed by atoms with Gasteiger partial charge < -0.3 is 0 Å². The van der Waals surface area contributed by atoms with Gasteiger partial charge in [0.05, 0.1) is 5.71 Å². The van der Waals surface area contributed by atoms with Gasteiger partial charge in [0, 0.05) is 5.56 Å². The summed E-state index contributed by atoms with van der Waals surface area (Å²) in [4.78, 5) is 22.5. The molecule has 1 aromatic carbocycles. The van der Waals surface area contributed by atoms with Crippen LogP contribution in [0.2, 0.25) is 0 Å². The summed E-state index contributed by atoms with van der Waals surface area (Å²) in [6, 6.07) is 9.28. The van der Waals surface area contributed by atoms with Crippen LogP contribution < -0.4 is 10.9 Å². The van der Waals surface area contributed by atoms with Crippen LogP contribution in [0.3, 0.4) is 0 Å². The summed E-state index contributed by atoms with van der Waals surface area (Å²) in [5, 5.41) is 7.52. The number of benzene rings is 1. The molecule has 0 heterocycles. The molecule has 0 spiro atoms. The average Bonchev–Trinajstić information content (AvgIpc) is 2.53. The Morgan fingerprint density at radius 3 is 2.00 bits per heavy atom. The fourth-order valence-electron chi connectivity index (χ4n) is 1.33. The molecular weight excluding hydrogens is 308 g/mol. The minimum atomic E-state index is -0.274. The van der Waals surface area contributed by atoms with E-state index in [2.05, 4.69) is 21.1 Å². The first-order chi connectivity index (χ1) is 10.1. The molecule has 6 nitrogen and oxygen atoms in total. The minimum Gasteiger partial charge on any atom is -0.260 e. The number of hydrogen-bond donors (Lipinski definition) is 2. The van der Waals surface area contributed by atoms with Gasteiger partial charge >= 0.3 is 0 Å². The van der Waals surface area contributed by atoms with Crippen LogP contribution >= 0.6 is 23.5 Å². The lowest BCUT2D eigenvalue weighted by Crippen LogP contribution is -2.23. The zero-order chi connectivity index (χ0) is 15.7. The highest BCUT2D eigenvalue weighted by Gasteiger charge is 2.09. The van der Waals surface area contributed by atoms with E-state index in [1.54, 1.807) is 19.4 Å². The number of hydrogen-bond acceptors (Lipinski definition) is 6. The number of nitrogens with one attached hydrogen (secondary N) is 2. The minimum absolute atomic E-state index is 0.269. The van der Waals surface area contributed by atoms with Gasteiger partial charge in [-0.2, -0.15) is 10.2 Å². The summed E-state index contributed by atoms with van der Waals surface area (Å²) in [5.74, 6) is 0. The van der Waals surface area contributed by atoms with E-state index >= 15 is 0 Å². The number of thioether (sulfide) groups is 2. The molecule has 0 fully saturated rings. The Morgan fingerprint density at radius 2 is 1.48 bits per heavy atom. The summed E-state index contributed by atoms with van der Waals surface area (Å²) >= 11 is 2.05. The van der Waals surface area contributed by atoms with Crippen LogP contribution in [-0.2, 0) is 0 Å². The van der Waals surface area contributed by atoms with Gasteiger partial charge in [-0.1, -0.05) is 53.9 Å². The molecule has 0 aliphatic carbocycles. The van der Waals surface area contributed by atoms with Crippen molar-refractivity contribution < 1.29 is 9.59 Å². The van der Waals surface area contributed by atoms with Crippen LogP contribution in [0.15, 0.2) is 40.5 Å². The Bertz CT molecular complexity index is 559. The number of nitrogens with zero attached hydrogens (tertiary/aromatic N) is 2. The zero-order valence-corrected chi connectivity index (χ0v) is 13.5. The number of hydrazone groups is 2. The van der Waals surface area contributed by atoms with E-state index in [4.69, 9.17) is 0 Å². The molecule has 0 radical (unpaired) electrons. The Kier molecular flexibility index (Phi) is 7.55. The van der Waals surface area contributed by atoms with Crippen molar-refractivity contribution in [3.63, 3.8) is 0 Å². The van der Waals surface area contributed by atoms with Gasteiger partial charge in [0.2, 0.25) is 0 Å². The Hall–Kier alpha value is -1.80. The lowest BCUT2D eigenvalue weighted by molar-refractivity contribution is 0.260. The fourth-order valence-corrected chi connectivity index (χ4v) is 1.60. The molecule has 0 saturated heterocycles. The van der Waals surface area contributed by atoms with Crippen molar-refractivity contribution >= 4 is 45.4 Å². The van der Waals surface area contributed by atoms with Crippen LogP contribution in [0, 0.1) is 0 Å². The van der Waals surface area contributed by atoms with Crippen molar-refractivity contribution in [2.45, 2.75) is 6.92 Å². The molecule has 1 rings (SSSR count). The van der Waals surface area contributed by atoms with E-state index in [1.165, 1.54) is 0 Å². The Balaban J connectivity index is 3.02. The predicted molar refractivity (Wildman–Crippen MR) is 90.2 cm³/mol. The number of amides is 2. The Morgan fingerprint density at radius 1 is 0.952 bits per heavy atom.